The molecule has 322 valence electrons. The van der Waals surface area contributed by atoms with Gasteiger partial charge in [0.1, 0.15) is 30.0 Å². The number of carbonyl (C=O) groups is 3. The number of Topliss-reactive ketones (excluding diaryl/α,β-unsaturated/α-hetero) is 1. The Morgan fingerprint density at radius 3 is 2.27 bits per heavy atom. The number of allylic oxidation sites excluding steroid dienone is 2. The van der Waals surface area contributed by atoms with E-state index in [9.17, 15) is 39.9 Å². The zero-order valence-electron chi connectivity index (χ0n) is 35.1. The number of nitrogens with one attached hydrogen (secondary N) is 1. The van der Waals surface area contributed by atoms with Gasteiger partial charge in [0.05, 0.1) is 53.0 Å². The van der Waals surface area contributed by atoms with Crippen LogP contribution in [0.4, 0.5) is 5.69 Å². The van der Waals surface area contributed by atoms with Gasteiger partial charge in [-0.1, -0.05) is 81.4 Å². The van der Waals surface area contributed by atoms with Gasteiger partial charge in [-0.15, -0.1) is 0 Å². The van der Waals surface area contributed by atoms with E-state index in [0.29, 0.717) is 0 Å². The van der Waals surface area contributed by atoms with Gasteiger partial charge >= 0.3 is 11.8 Å². The first-order valence-corrected chi connectivity index (χ1v) is 19.6. The zero-order chi connectivity index (χ0) is 44.2. The molecule has 3 heterocycles. The van der Waals surface area contributed by atoms with Crippen LogP contribution in [0.5, 0.6) is 23.0 Å². The van der Waals surface area contributed by atoms with E-state index in [-0.39, 0.29) is 51.1 Å². The number of hydrogen-bond donors (Lipinski definition) is 6. The minimum absolute atomic E-state index is 0.0270. The third-order valence-electron chi connectivity index (χ3n) is 11.4. The van der Waals surface area contributed by atoms with E-state index in [2.05, 4.69) is 10.5 Å². The maximum Gasteiger partial charge on any atom is 0.312 e. The van der Waals surface area contributed by atoms with Crippen molar-refractivity contribution in [2.24, 2.45) is 28.8 Å². The largest absolute Gasteiger partial charge is 0.507 e. The molecule has 0 aromatic heterocycles. The molecule has 0 aliphatic carbocycles. The molecular weight excluding hydrogens is 776 g/mol. The van der Waals surface area contributed by atoms with Gasteiger partial charge in [-0.25, -0.2) is 0 Å². The molecule has 3 aliphatic rings. The van der Waals surface area contributed by atoms with Crippen LogP contribution in [-0.2, 0) is 35.2 Å². The van der Waals surface area contributed by atoms with Gasteiger partial charge in [0, 0.05) is 61.2 Å². The minimum Gasteiger partial charge on any atom is -0.507 e. The number of hydrogen-bond acceptors (Lipinski definition) is 14. The number of aliphatic hydroxyl groups excluding tert-OH is 2. The highest BCUT2D eigenvalue weighted by atomic mass is 16.7. The first-order chi connectivity index (χ1) is 28.3. The Balaban J connectivity index is 1.69. The molecule has 6 rings (SSSR count). The van der Waals surface area contributed by atoms with E-state index < -0.39 is 88.8 Å². The number of amides is 1. The van der Waals surface area contributed by atoms with Crippen LogP contribution in [0.2, 0.25) is 0 Å². The van der Waals surface area contributed by atoms with Crippen LogP contribution < -0.4 is 10.1 Å². The number of phenolic OH excluding ortho intramolecular Hbond substituents is 3. The topological polar surface area (TPSA) is 223 Å². The number of ether oxygens (including phenoxy) is 4. The molecule has 15 nitrogen and oxygen atoms in total. The molecule has 3 aromatic rings. The summed E-state index contributed by atoms with van der Waals surface area (Å²) in [5.74, 6) is -8.73. The standard InChI is InChI=1S/C45H54N2O13/c1-22-14-13-15-23(2)44(55)47-35-30(20-46-58-21-29-16-11-10-12-17-29)39(52)32-33(40(35)53)38(51)27(6)42-34(32)43(54)45(8,60-42)57-19-18-31(56-9)24(3)41(59-28(7)48)26(5)37(50)25(4)36(22)49/h10-20,22,24-26,31,36-37,41,49-53H,21H2,1-9H3,(H,47,55)/b14-13+,19-18+,23-15-,46-20?/t22-,24-,25+,26-,31-,36-,37+,41+,45-/m0/s1. The summed E-state index contributed by atoms with van der Waals surface area (Å²) in [6.07, 6.45) is 4.47. The lowest BCUT2D eigenvalue weighted by Gasteiger charge is -2.38. The van der Waals surface area contributed by atoms with Crippen molar-refractivity contribution >= 4 is 40.3 Å². The molecule has 15 heteroatoms. The number of phenols is 3. The predicted molar refractivity (Wildman–Crippen MR) is 223 cm³/mol. The van der Waals surface area contributed by atoms with Crippen molar-refractivity contribution < 1.29 is 63.7 Å². The van der Waals surface area contributed by atoms with Crippen molar-refractivity contribution in [3.63, 3.8) is 0 Å². The number of esters is 1. The van der Waals surface area contributed by atoms with Crippen LogP contribution in [0.15, 0.2) is 71.6 Å². The number of ketones is 1. The summed E-state index contributed by atoms with van der Waals surface area (Å²) < 4.78 is 23.5. The Bertz CT molecular complexity index is 2230. The molecule has 6 N–H and O–H groups in total. The number of fused-ring (bicyclic) bond motifs is 14. The SMILES string of the molecule is CO[C@H]1/C=C/O[C@@]2(C)Oc3c(C)c(O)c4c(O)c(c(C=NOCc5ccccc5)c(O)c4c3C2=O)NC(=O)/C(C)=C\C=C\[C@H](C)[C@H](O)[C@@H](C)[C@@H](O)[C@H](C)[C@H](OC(C)=O)[C@H]1C. The number of aliphatic hydroxyl groups is 2. The molecule has 0 fully saturated rings. The van der Waals surface area contributed by atoms with Crippen molar-refractivity contribution in [1.29, 1.82) is 0 Å². The first kappa shape index (κ1) is 45.2. The van der Waals surface area contributed by atoms with Crippen molar-refractivity contribution in [3.05, 3.63) is 88.7 Å². The molecule has 60 heavy (non-hydrogen) atoms. The Morgan fingerprint density at radius 2 is 1.62 bits per heavy atom. The first-order valence-electron chi connectivity index (χ1n) is 19.6. The third-order valence-corrected chi connectivity index (χ3v) is 11.4. The smallest absolute Gasteiger partial charge is 0.312 e. The Morgan fingerprint density at radius 1 is 0.933 bits per heavy atom. The Kier molecular flexibility index (Phi) is 14.0. The van der Waals surface area contributed by atoms with Gasteiger partial charge in [0.25, 0.3) is 11.7 Å². The van der Waals surface area contributed by atoms with Crippen LogP contribution in [0.25, 0.3) is 10.8 Å². The molecule has 9 atom stereocenters. The van der Waals surface area contributed by atoms with Crippen molar-refractivity contribution in [2.45, 2.75) is 92.2 Å². The summed E-state index contributed by atoms with van der Waals surface area (Å²) in [5.41, 5.74) is 0.113. The molecule has 3 aliphatic heterocycles. The van der Waals surface area contributed by atoms with Gasteiger partial charge in [-0.05, 0) is 25.5 Å². The molecular formula is C45H54N2O13. The fraction of sp³-hybridized carbons (Fsp3) is 0.422. The Labute approximate surface area is 348 Å². The minimum atomic E-state index is -2.07. The fourth-order valence-corrected chi connectivity index (χ4v) is 7.65. The number of benzene rings is 3. The summed E-state index contributed by atoms with van der Waals surface area (Å²) >= 11 is 0. The molecule has 0 saturated carbocycles. The van der Waals surface area contributed by atoms with Gasteiger partial charge < -0.3 is 54.6 Å². The van der Waals surface area contributed by atoms with Gasteiger partial charge in [0.15, 0.2) is 5.75 Å². The lowest BCUT2D eigenvalue weighted by molar-refractivity contribution is -0.160. The predicted octanol–water partition coefficient (Wildman–Crippen LogP) is 6.30. The number of aromatic hydroxyl groups is 3. The molecule has 3 aromatic carbocycles. The second-order valence-corrected chi connectivity index (χ2v) is 15.6. The summed E-state index contributed by atoms with van der Waals surface area (Å²) in [4.78, 5) is 45.9. The number of rotatable bonds is 6. The average Bonchev–Trinajstić information content (AvgIpc) is 3.48. The average molecular weight is 831 g/mol. The van der Waals surface area contributed by atoms with E-state index in [4.69, 9.17) is 23.8 Å². The van der Waals surface area contributed by atoms with E-state index in [0.717, 1.165) is 11.8 Å². The molecule has 0 radical (unpaired) electrons. The highest BCUT2D eigenvalue weighted by Crippen LogP contribution is 2.55. The van der Waals surface area contributed by atoms with Gasteiger partial charge in [-0.3, -0.25) is 14.4 Å². The summed E-state index contributed by atoms with van der Waals surface area (Å²) in [7, 11) is 1.43. The lowest BCUT2D eigenvalue weighted by atomic mass is 9.78. The Hall–Kier alpha value is -5.90. The second-order valence-electron chi connectivity index (χ2n) is 15.6. The number of methoxy groups -OCH3 is 1. The van der Waals surface area contributed by atoms with E-state index in [1.54, 1.807) is 39.8 Å². The molecule has 5 bridgehead atoms. The van der Waals surface area contributed by atoms with Crippen molar-refractivity contribution in [1.82, 2.24) is 0 Å². The highest BCUT2D eigenvalue weighted by molar-refractivity contribution is 6.23. The normalized spacial score (nSPS) is 29.7. The third kappa shape index (κ3) is 8.98. The summed E-state index contributed by atoms with van der Waals surface area (Å²) in [6.45, 7) is 12.4. The summed E-state index contributed by atoms with van der Waals surface area (Å²) in [6, 6.07) is 9.10. The van der Waals surface area contributed by atoms with Crippen LogP contribution in [-0.4, -0.2) is 86.7 Å². The number of carbonyl (C=O) groups excluding carboxylic acids is 3. The quantitative estimate of drug-likeness (QED) is 0.0528. The second kappa shape index (κ2) is 18.6. The van der Waals surface area contributed by atoms with Gasteiger partial charge in [0.2, 0.25) is 0 Å². The van der Waals surface area contributed by atoms with Crippen LogP contribution >= 0.6 is 0 Å². The van der Waals surface area contributed by atoms with Crippen molar-refractivity contribution in [3.8, 4) is 23.0 Å². The van der Waals surface area contributed by atoms with Crippen LogP contribution in [0, 0.1) is 30.6 Å². The number of nitrogens with zero attached hydrogens (tertiary/aromatic N) is 1. The maximum absolute atomic E-state index is 14.4. The summed E-state index contributed by atoms with van der Waals surface area (Å²) in [5, 5.41) is 64.2. The van der Waals surface area contributed by atoms with E-state index in [1.807, 2.05) is 30.3 Å². The van der Waals surface area contributed by atoms with Crippen LogP contribution in [0.3, 0.4) is 0 Å². The van der Waals surface area contributed by atoms with Crippen LogP contribution in [0.1, 0.15) is 75.5 Å². The number of oxime groups is 1. The molecule has 0 spiro atoms. The number of anilines is 1. The van der Waals surface area contributed by atoms with Gasteiger partial charge in [-0.2, -0.15) is 0 Å². The highest BCUT2D eigenvalue weighted by Gasteiger charge is 2.50. The fourth-order valence-electron chi connectivity index (χ4n) is 7.65. The van der Waals surface area contributed by atoms with Crippen molar-refractivity contribution in [2.75, 3.05) is 12.4 Å². The zero-order valence-corrected chi connectivity index (χ0v) is 35.1. The molecule has 1 amide bonds. The monoisotopic (exact) mass is 830 g/mol. The van der Waals surface area contributed by atoms with E-state index >= 15 is 0 Å². The maximum atomic E-state index is 14.4. The molecule has 0 unspecified atom stereocenters. The van der Waals surface area contributed by atoms with E-state index in [1.165, 1.54) is 53.2 Å². The lowest BCUT2D eigenvalue weighted by Crippen LogP contribution is -2.46. The molecule has 0 saturated heterocycles.